The molecule has 0 bridgehead atoms. The third-order valence-electron chi connectivity index (χ3n) is 2.59. The molecule has 0 aliphatic heterocycles. The van der Waals surface area contributed by atoms with E-state index in [1.165, 1.54) is 32.1 Å². The summed E-state index contributed by atoms with van der Waals surface area (Å²) < 4.78 is 0. The van der Waals surface area contributed by atoms with Crippen molar-refractivity contribution in [2.45, 2.75) is 66.2 Å². The quantitative estimate of drug-likeness (QED) is 0.365. The van der Waals surface area contributed by atoms with Crippen LogP contribution in [0.2, 0.25) is 0 Å². The Morgan fingerprint density at radius 1 is 1.05 bits per heavy atom. The van der Waals surface area contributed by atoms with Crippen molar-refractivity contribution in [2.75, 3.05) is 6.54 Å². The number of hydrogen-bond donors (Lipinski definition) is 4. The van der Waals surface area contributed by atoms with Crippen molar-refractivity contribution in [3.05, 3.63) is 0 Å². The summed E-state index contributed by atoms with van der Waals surface area (Å²) in [6, 6.07) is 0. The van der Waals surface area contributed by atoms with Gasteiger partial charge in [-0.2, -0.15) is 0 Å². The molecule has 0 amide bonds. The van der Waals surface area contributed by atoms with E-state index in [4.69, 9.17) is 10.2 Å². The summed E-state index contributed by atoms with van der Waals surface area (Å²) in [5.74, 6) is 0.648. The molecule has 0 aliphatic carbocycles. The molecule has 0 saturated carbocycles. The zero-order valence-corrected chi connectivity index (χ0v) is 17.4. The Hall–Kier alpha value is 0.0683. The monoisotopic (exact) mass is 422 g/mol. The number of unbranched alkanes of at least 4 members (excludes halogenated alkanes) is 2. The van der Waals surface area contributed by atoms with Gasteiger partial charge in [-0.15, -0.1) is 0 Å². The minimum atomic E-state index is -0.500. The molecule has 0 aliphatic rings. The van der Waals surface area contributed by atoms with Crippen LogP contribution in [0.1, 0.15) is 66.2 Å². The SMILES string of the molecule is CCCC.CCCCC(CC)CNC(O)=S.NC(O)=S.[Mo]. The number of thiocarbonyl (C=S) groups is 2. The zero-order valence-electron chi connectivity index (χ0n) is 13.7. The van der Waals surface area contributed by atoms with Gasteiger partial charge in [-0.05, 0) is 36.8 Å². The minimum absolute atomic E-state index is 0. The Morgan fingerprint density at radius 2 is 1.48 bits per heavy atom. The van der Waals surface area contributed by atoms with Crippen LogP contribution in [0.15, 0.2) is 0 Å². The second kappa shape index (κ2) is 25.0. The predicted octanol–water partition coefficient (Wildman–Crippen LogP) is 4.23. The standard InChI is InChI=1S/C9H19NOS.C4H10.CH3NOS.Mo/c1-3-5-6-8(4-2)7-10-9(11)12;1-3-4-2;2-1(3)4;/h8H,3-7H2,1-2H3,(H2,10,11,12);3-4H2,1-2H3;(H3,2,3,4);. The maximum Gasteiger partial charge on any atom is 0.254 e. The first-order chi connectivity index (χ1) is 9.35. The summed E-state index contributed by atoms with van der Waals surface area (Å²) >= 11 is 8.39. The van der Waals surface area contributed by atoms with E-state index in [1.807, 2.05) is 0 Å². The molecule has 0 aromatic carbocycles. The van der Waals surface area contributed by atoms with Crippen molar-refractivity contribution >= 4 is 34.8 Å². The second-order valence-corrected chi connectivity index (χ2v) is 5.25. The van der Waals surface area contributed by atoms with Gasteiger partial charge in [0.1, 0.15) is 0 Å². The maximum atomic E-state index is 8.74. The average Bonchev–Trinajstić information content (AvgIpc) is 2.38. The van der Waals surface area contributed by atoms with Gasteiger partial charge in [-0.3, -0.25) is 0 Å². The summed E-state index contributed by atoms with van der Waals surface area (Å²) in [7, 11) is 0. The van der Waals surface area contributed by atoms with Crippen molar-refractivity contribution in [3.8, 4) is 0 Å². The van der Waals surface area contributed by atoms with Crippen LogP contribution < -0.4 is 11.1 Å². The van der Waals surface area contributed by atoms with Gasteiger partial charge in [-0.25, -0.2) is 0 Å². The molecule has 0 aromatic rings. The molecule has 0 radical (unpaired) electrons. The van der Waals surface area contributed by atoms with Crippen LogP contribution in [0.3, 0.4) is 0 Å². The molecule has 0 fully saturated rings. The molecular formula is C14H32MoN2O2S2. The maximum absolute atomic E-state index is 8.74. The van der Waals surface area contributed by atoms with Crippen LogP contribution in [-0.4, -0.2) is 27.1 Å². The van der Waals surface area contributed by atoms with Crippen LogP contribution in [-0.2, 0) is 21.1 Å². The van der Waals surface area contributed by atoms with Crippen LogP contribution in [0, 0.1) is 5.92 Å². The molecular weight excluding hydrogens is 388 g/mol. The van der Waals surface area contributed by atoms with Gasteiger partial charge in [0.2, 0.25) is 0 Å². The van der Waals surface area contributed by atoms with E-state index in [9.17, 15) is 0 Å². The molecule has 1 unspecified atom stereocenters. The molecule has 0 heterocycles. The predicted molar refractivity (Wildman–Crippen MR) is 96.5 cm³/mol. The molecule has 1 atom stereocenters. The molecule has 21 heavy (non-hydrogen) atoms. The molecule has 0 aromatic heterocycles. The molecule has 0 rings (SSSR count). The molecule has 7 heteroatoms. The Morgan fingerprint density at radius 3 is 1.71 bits per heavy atom. The second-order valence-electron chi connectivity index (χ2n) is 4.44. The topological polar surface area (TPSA) is 78.5 Å². The number of nitrogens with one attached hydrogen (secondary N) is 1. The first kappa shape index (κ1) is 29.1. The van der Waals surface area contributed by atoms with Gasteiger partial charge in [-0.1, -0.05) is 59.8 Å². The van der Waals surface area contributed by atoms with E-state index in [2.05, 4.69) is 63.2 Å². The van der Waals surface area contributed by atoms with Gasteiger partial charge in [0.05, 0.1) is 0 Å². The third-order valence-corrected chi connectivity index (χ3v) is 2.73. The Balaban J connectivity index is -0.000000134. The Labute approximate surface area is 155 Å². The smallest absolute Gasteiger partial charge is 0.254 e. The van der Waals surface area contributed by atoms with Gasteiger partial charge >= 0.3 is 0 Å². The van der Waals surface area contributed by atoms with E-state index in [0.29, 0.717) is 5.92 Å². The zero-order chi connectivity index (χ0) is 16.4. The van der Waals surface area contributed by atoms with Gasteiger partial charge in [0.25, 0.3) is 10.3 Å². The van der Waals surface area contributed by atoms with Gasteiger partial charge < -0.3 is 21.3 Å². The average molecular weight is 420 g/mol. The summed E-state index contributed by atoms with van der Waals surface area (Å²) in [6.45, 7) is 9.53. The fourth-order valence-corrected chi connectivity index (χ4v) is 1.26. The first-order valence-electron chi connectivity index (χ1n) is 7.30. The summed E-state index contributed by atoms with van der Waals surface area (Å²) in [5.41, 5.74) is 4.40. The summed E-state index contributed by atoms with van der Waals surface area (Å²) in [6.07, 6.45) is 7.51. The fraction of sp³-hybridized carbons (Fsp3) is 0.857. The van der Waals surface area contributed by atoms with Crippen LogP contribution in [0.25, 0.3) is 0 Å². The van der Waals surface area contributed by atoms with Crippen molar-refractivity contribution in [1.29, 1.82) is 0 Å². The van der Waals surface area contributed by atoms with Crippen molar-refractivity contribution < 1.29 is 31.3 Å². The number of nitrogens with two attached hydrogens (primary N) is 1. The summed E-state index contributed by atoms with van der Waals surface area (Å²) in [4.78, 5) is 0. The van der Waals surface area contributed by atoms with Crippen molar-refractivity contribution in [1.82, 2.24) is 5.32 Å². The van der Waals surface area contributed by atoms with Crippen LogP contribution in [0.5, 0.6) is 0 Å². The largest absolute Gasteiger partial charge is 0.487 e. The number of aliphatic hydroxyl groups is 2. The molecule has 5 N–H and O–H groups in total. The number of rotatable bonds is 7. The van der Waals surface area contributed by atoms with E-state index in [1.54, 1.807) is 0 Å². The fourth-order valence-electron chi connectivity index (χ4n) is 1.17. The van der Waals surface area contributed by atoms with E-state index in [-0.39, 0.29) is 26.2 Å². The van der Waals surface area contributed by atoms with Crippen LogP contribution in [0.4, 0.5) is 0 Å². The van der Waals surface area contributed by atoms with Crippen molar-refractivity contribution in [3.63, 3.8) is 0 Å². The molecule has 0 spiro atoms. The molecule has 128 valence electrons. The van der Waals surface area contributed by atoms with Crippen LogP contribution >= 0.6 is 24.4 Å². The van der Waals surface area contributed by atoms with E-state index >= 15 is 0 Å². The molecule has 4 nitrogen and oxygen atoms in total. The van der Waals surface area contributed by atoms with Gasteiger partial charge in [0, 0.05) is 27.6 Å². The number of aliphatic hydroxyl groups excluding tert-OH is 2. The normalized spacial score (nSPS) is 9.71. The Bertz CT molecular complexity index is 227. The molecule has 0 saturated heterocycles. The minimum Gasteiger partial charge on any atom is -0.487 e. The first-order valence-corrected chi connectivity index (χ1v) is 8.12. The van der Waals surface area contributed by atoms with Crippen molar-refractivity contribution in [2.24, 2.45) is 11.7 Å². The number of hydrogen-bond acceptors (Lipinski definition) is 2. The Kier molecular flexibility index (Phi) is 34.7. The van der Waals surface area contributed by atoms with E-state index < -0.39 is 5.17 Å². The van der Waals surface area contributed by atoms with Gasteiger partial charge in [0.15, 0.2) is 0 Å². The third kappa shape index (κ3) is 45.0. The summed E-state index contributed by atoms with van der Waals surface area (Å²) in [5, 5.41) is 18.5. The van der Waals surface area contributed by atoms with E-state index in [0.717, 1.165) is 13.0 Å².